The van der Waals surface area contributed by atoms with Gasteiger partial charge >= 0.3 is 0 Å². The first-order valence-corrected chi connectivity index (χ1v) is 9.67. The van der Waals surface area contributed by atoms with Gasteiger partial charge in [-0.05, 0) is 54.1 Å². The molecule has 3 aromatic carbocycles. The molecule has 1 unspecified atom stereocenters. The second-order valence-corrected chi connectivity index (χ2v) is 7.19. The average molecular weight is 420 g/mol. The van der Waals surface area contributed by atoms with Crippen LogP contribution in [0.1, 0.15) is 22.3 Å². The van der Waals surface area contributed by atoms with Crippen LogP contribution in [0.2, 0.25) is 0 Å². The normalized spacial score (nSPS) is 15.9. The van der Waals surface area contributed by atoms with E-state index in [1.807, 2.05) is 0 Å². The summed E-state index contributed by atoms with van der Waals surface area (Å²) >= 11 is 0. The number of rotatable bonds is 5. The molecule has 0 spiro atoms. The molecule has 1 fully saturated rings. The molecule has 7 heteroatoms. The Bertz CT molecular complexity index is 1120. The Morgan fingerprint density at radius 1 is 0.871 bits per heavy atom. The fraction of sp³-hybridized carbons (Fsp3) is 0.125. The Kier molecular flexibility index (Phi) is 5.58. The third-order valence-electron chi connectivity index (χ3n) is 5.13. The SMILES string of the molecule is O=C1CC(N(Cc2ccc(F)cc2)C(=O)c2ccc(F)cc2)C(=O)N1c1ccccc1. The number of hydrogen-bond donors (Lipinski definition) is 0. The summed E-state index contributed by atoms with van der Waals surface area (Å²) in [5.41, 5.74) is 1.20. The van der Waals surface area contributed by atoms with Crippen LogP contribution in [0.25, 0.3) is 0 Å². The largest absolute Gasteiger partial charge is 0.322 e. The van der Waals surface area contributed by atoms with Gasteiger partial charge in [0.1, 0.15) is 17.7 Å². The van der Waals surface area contributed by atoms with Crippen LogP contribution in [0.4, 0.5) is 14.5 Å². The lowest BCUT2D eigenvalue weighted by molar-refractivity contribution is -0.122. The molecule has 0 aliphatic carbocycles. The maximum absolute atomic E-state index is 13.3. The average Bonchev–Trinajstić information content (AvgIpc) is 3.07. The lowest BCUT2D eigenvalue weighted by atomic mass is 10.1. The summed E-state index contributed by atoms with van der Waals surface area (Å²) in [4.78, 5) is 41.5. The zero-order chi connectivity index (χ0) is 22.0. The maximum atomic E-state index is 13.3. The third-order valence-corrected chi connectivity index (χ3v) is 5.13. The van der Waals surface area contributed by atoms with Crippen LogP contribution < -0.4 is 4.90 Å². The van der Waals surface area contributed by atoms with Gasteiger partial charge in [-0.1, -0.05) is 30.3 Å². The molecule has 156 valence electrons. The van der Waals surface area contributed by atoms with Crippen LogP contribution in [-0.2, 0) is 16.1 Å². The lowest BCUT2D eigenvalue weighted by Crippen LogP contribution is -2.45. The fourth-order valence-corrected chi connectivity index (χ4v) is 3.58. The van der Waals surface area contributed by atoms with Gasteiger partial charge in [-0.2, -0.15) is 0 Å². The number of halogens is 2. The van der Waals surface area contributed by atoms with E-state index >= 15 is 0 Å². The topological polar surface area (TPSA) is 57.7 Å². The molecule has 5 nitrogen and oxygen atoms in total. The number of anilines is 1. The number of amides is 3. The van der Waals surface area contributed by atoms with Crippen molar-refractivity contribution in [2.45, 2.75) is 19.0 Å². The minimum atomic E-state index is -1.03. The van der Waals surface area contributed by atoms with Crippen molar-refractivity contribution >= 4 is 23.4 Å². The van der Waals surface area contributed by atoms with Crippen molar-refractivity contribution < 1.29 is 23.2 Å². The predicted octanol–water partition coefficient (Wildman–Crippen LogP) is 3.94. The summed E-state index contributed by atoms with van der Waals surface area (Å²) in [7, 11) is 0. The molecular weight excluding hydrogens is 402 g/mol. The van der Waals surface area contributed by atoms with E-state index in [0.29, 0.717) is 11.3 Å². The molecule has 1 atom stereocenters. The summed E-state index contributed by atoms with van der Waals surface area (Å²) in [5.74, 6) is -2.39. The first-order valence-electron chi connectivity index (χ1n) is 9.67. The molecule has 1 heterocycles. The molecule has 4 rings (SSSR count). The molecule has 31 heavy (non-hydrogen) atoms. The van der Waals surface area contributed by atoms with Crippen molar-refractivity contribution in [3.63, 3.8) is 0 Å². The molecule has 3 amide bonds. The Morgan fingerprint density at radius 2 is 1.45 bits per heavy atom. The zero-order valence-corrected chi connectivity index (χ0v) is 16.4. The van der Waals surface area contributed by atoms with Gasteiger partial charge in [-0.25, -0.2) is 13.7 Å². The molecule has 3 aromatic rings. The highest BCUT2D eigenvalue weighted by molar-refractivity contribution is 6.23. The number of para-hydroxylation sites is 1. The molecule has 0 N–H and O–H groups in total. The van der Waals surface area contributed by atoms with Crippen LogP contribution >= 0.6 is 0 Å². The van der Waals surface area contributed by atoms with Crippen LogP contribution in [0, 0.1) is 11.6 Å². The standard InChI is InChI=1S/C24H18F2N2O3/c25-18-10-6-16(7-11-18)15-27(23(30)17-8-12-19(26)13-9-17)21-14-22(29)28(24(21)31)20-4-2-1-3-5-20/h1-13,21H,14-15H2. The van der Waals surface area contributed by atoms with E-state index < -0.39 is 35.4 Å². The number of carbonyl (C=O) groups is 3. The maximum Gasteiger partial charge on any atom is 0.257 e. The van der Waals surface area contributed by atoms with Crippen molar-refractivity contribution in [2.75, 3.05) is 4.90 Å². The van der Waals surface area contributed by atoms with Crippen molar-refractivity contribution in [1.29, 1.82) is 0 Å². The molecular formula is C24H18F2N2O3. The number of imide groups is 1. The van der Waals surface area contributed by atoms with E-state index in [-0.39, 0.29) is 18.5 Å². The second-order valence-electron chi connectivity index (χ2n) is 7.19. The van der Waals surface area contributed by atoms with Crippen LogP contribution in [0.15, 0.2) is 78.9 Å². The highest BCUT2D eigenvalue weighted by atomic mass is 19.1. The molecule has 0 bridgehead atoms. The van der Waals surface area contributed by atoms with Gasteiger partial charge in [0.05, 0.1) is 12.1 Å². The Balaban J connectivity index is 1.68. The van der Waals surface area contributed by atoms with Gasteiger partial charge in [-0.15, -0.1) is 0 Å². The summed E-state index contributed by atoms with van der Waals surface area (Å²) < 4.78 is 26.6. The Labute approximate surface area is 177 Å². The summed E-state index contributed by atoms with van der Waals surface area (Å²) in [6.45, 7) is -0.0111. The predicted molar refractivity (Wildman–Crippen MR) is 110 cm³/mol. The molecule has 1 saturated heterocycles. The Hall–Kier alpha value is -3.87. The van der Waals surface area contributed by atoms with E-state index in [1.54, 1.807) is 30.3 Å². The molecule has 0 aromatic heterocycles. The van der Waals surface area contributed by atoms with Gasteiger partial charge in [0.15, 0.2) is 0 Å². The highest BCUT2D eigenvalue weighted by Crippen LogP contribution is 2.27. The van der Waals surface area contributed by atoms with Crippen LogP contribution in [0.5, 0.6) is 0 Å². The smallest absolute Gasteiger partial charge is 0.257 e. The minimum Gasteiger partial charge on any atom is -0.322 e. The summed E-state index contributed by atoms with van der Waals surface area (Å²) in [5, 5.41) is 0. The summed E-state index contributed by atoms with van der Waals surface area (Å²) in [6.07, 6.45) is -0.179. The van der Waals surface area contributed by atoms with Crippen molar-refractivity contribution in [3.8, 4) is 0 Å². The van der Waals surface area contributed by atoms with Crippen LogP contribution in [-0.4, -0.2) is 28.7 Å². The van der Waals surface area contributed by atoms with E-state index in [2.05, 4.69) is 0 Å². The monoisotopic (exact) mass is 420 g/mol. The van der Waals surface area contributed by atoms with Gasteiger partial charge in [0.2, 0.25) is 5.91 Å². The lowest BCUT2D eigenvalue weighted by Gasteiger charge is -2.28. The van der Waals surface area contributed by atoms with E-state index in [1.165, 1.54) is 41.3 Å². The van der Waals surface area contributed by atoms with Crippen molar-refractivity contribution in [3.05, 3.63) is 102 Å². The molecule has 0 saturated carbocycles. The van der Waals surface area contributed by atoms with Gasteiger partial charge in [0.25, 0.3) is 11.8 Å². The quantitative estimate of drug-likeness (QED) is 0.588. The van der Waals surface area contributed by atoms with E-state index in [4.69, 9.17) is 0 Å². The summed E-state index contributed by atoms with van der Waals surface area (Å²) in [6, 6.07) is 17.9. The molecule has 0 radical (unpaired) electrons. The van der Waals surface area contributed by atoms with Crippen molar-refractivity contribution in [2.24, 2.45) is 0 Å². The Morgan fingerprint density at radius 3 is 2.06 bits per heavy atom. The number of hydrogen-bond acceptors (Lipinski definition) is 3. The van der Waals surface area contributed by atoms with Crippen molar-refractivity contribution in [1.82, 2.24) is 4.90 Å². The van der Waals surface area contributed by atoms with Crippen LogP contribution in [0.3, 0.4) is 0 Å². The van der Waals surface area contributed by atoms with Gasteiger partial charge in [-0.3, -0.25) is 14.4 Å². The first kappa shape index (κ1) is 20.4. The van der Waals surface area contributed by atoms with Gasteiger partial charge < -0.3 is 4.90 Å². The minimum absolute atomic E-state index is 0.0111. The number of benzene rings is 3. The number of nitrogens with zero attached hydrogens (tertiary/aromatic N) is 2. The first-order chi connectivity index (χ1) is 14.9. The highest BCUT2D eigenvalue weighted by Gasteiger charge is 2.44. The third kappa shape index (κ3) is 4.21. The second kappa shape index (κ2) is 8.47. The molecule has 1 aliphatic heterocycles. The molecule has 1 aliphatic rings. The fourth-order valence-electron chi connectivity index (χ4n) is 3.58. The van der Waals surface area contributed by atoms with E-state index in [9.17, 15) is 23.2 Å². The zero-order valence-electron chi connectivity index (χ0n) is 16.4. The van der Waals surface area contributed by atoms with E-state index in [0.717, 1.165) is 17.0 Å². The number of carbonyl (C=O) groups excluding carboxylic acids is 3. The van der Waals surface area contributed by atoms with Gasteiger partial charge in [0, 0.05) is 12.1 Å².